The SMILES string of the molecule is CC(C)(C)OC(=O)N[C@@](CCCN=C(N)N)(C(=O)OC(=O)OCc1ccccc1)C(=O)OC(C)(C)C. The first-order valence-electron chi connectivity index (χ1n) is 11.3. The molecule has 0 spiro atoms. The third-order valence-corrected chi connectivity index (χ3v) is 4.19. The van der Waals surface area contributed by atoms with Gasteiger partial charge in [0, 0.05) is 6.54 Å². The highest BCUT2D eigenvalue weighted by atomic mass is 16.7. The second kappa shape index (κ2) is 12.8. The summed E-state index contributed by atoms with van der Waals surface area (Å²) in [6.45, 7) is 9.33. The molecule has 0 bridgehead atoms. The molecule has 0 aliphatic rings. The average molecular weight is 509 g/mol. The van der Waals surface area contributed by atoms with Gasteiger partial charge in [-0.2, -0.15) is 0 Å². The second-order valence-corrected chi connectivity index (χ2v) is 9.86. The lowest BCUT2D eigenvalue weighted by Gasteiger charge is -2.33. The summed E-state index contributed by atoms with van der Waals surface area (Å²) in [4.78, 5) is 55.3. The summed E-state index contributed by atoms with van der Waals surface area (Å²) in [5.41, 5.74) is 6.85. The van der Waals surface area contributed by atoms with Gasteiger partial charge in [-0.05, 0) is 59.9 Å². The van der Waals surface area contributed by atoms with Crippen molar-refractivity contribution in [2.75, 3.05) is 6.54 Å². The molecule has 200 valence electrons. The van der Waals surface area contributed by atoms with Gasteiger partial charge in [-0.15, -0.1) is 0 Å². The normalized spacial score (nSPS) is 12.9. The third kappa shape index (κ3) is 11.1. The Morgan fingerprint density at radius 2 is 1.47 bits per heavy atom. The molecule has 0 saturated carbocycles. The predicted octanol–water partition coefficient (Wildman–Crippen LogP) is 2.53. The topological polar surface area (TPSA) is 182 Å². The van der Waals surface area contributed by atoms with Crippen LogP contribution in [0.15, 0.2) is 35.3 Å². The molecule has 12 nitrogen and oxygen atoms in total. The van der Waals surface area contributed by atoms with Gasteiger partial charge in [0.25, 0.3) is 0 Å². The molecule has 1 amide bonds. The lowest BCUT2D eigenvalue weighted by Crippen LogP contribution is -2.63. The van der Waals surface area contributed by atoms with Crippen LogP contribution in [0.4, 0.5) is 9.59 Å². The number of hydrogen-bond donors (Lipinski definition) is 3. The van der Waals surface area contributed by atoms with E-state index in [9.17, 15) is 19.2 Å². The molecule has 1 aromatic carbocycles. The summed E-state index contributed by atoms with van der Waals surface area (Å²) in [5, 5.41) is 2.25. The van der Waals surface area contributed by atoms with Crippen molar-refractivity contribution in [1.29, 1.82) is 0 Å². The van der Waals surface area contributed by atoms with Crippen molar-refractivity contribution in [3.8, 4) is 0 Å². The van der Waals surface area contributed by atoms with Crippen LogP contribution in [0.2, 0.25) is 0 Å². The van der Waals surface area contributed by atoms with E-state index in [1.54, 1.807) is 71.9 Å². The molecule has 1 rings (SSSR count). The number of ether oxygens (including phenoxy) is 4. The number of nitrogens with two attached hydrogens (primary N) is 2. The van der Waals surface area contributed by atoms with E-state index in [1.165, 1.54) is 0 Å². The summed E-state index contributed by atoms with van der Waals surface area (Å²) in [5.74, 6) is -2.78. The fourth-order valence-corrected chi connectivity index (χ4v) is 2.76. The second-order valence-electron chi connectivity index (χ2n) is 9.86. The Kier molecular flexibility index (Phi) is 10.7. The third-order valence-electron chi connectivity index (χ3n) is 4.19. The molecule has 0 fully saturated rings. The molecule has 0 saturated heterocycles. The molecule has 0 heterocycles. The molecule has 1 aromatic rings. The number of guanidine groups is 1. The van der Waals surface area contributed by atoms with Crippen molar-refractivity contribution < 1.29 is 38.1 Å². The van der Waals surface area contributed by atoms with Crippen molar-refractivity contribution in [1.82, 2.24) is 5.32 Å². The standard InChI is InChI=1S/C24H36N4O8/c1-22(2,3)35-18(30)24(13-10-14-27-19(25)26,28-20(31)36-23(4,5)6)17(29)34-21(32)33-15-16-11-8-7-9-12-16/h7-9,11-12H,10,13-15H2,1-6H3,(H,28,31)(H4,25,26,27)/t24-/m0/s1. The molecule has 12 heteroatoms. The highest BCUT2D eigenvalue weighted by Crippen LogP contribution is 2.23. The molecule has 0 aromatic heterocycles. The van der Waals surface area contributed by atoms with Gasteiger partial charge in [0.2, 0.25) is 5.54 Å². The van der Waals surface area contributed by atoms with Crippen LogP contribution in [0.25, 0.3) is 0 Å². The fraction of sp³-hybridized carbons (Fsp3) is 0.542. The van der Waals surface area contributed by atoms with Crippen molar-refractivity contribution in [2.45, 2.75) is 77.7 Å². The van der Waals surface area contributed by atoms with Gasteiger partial charge >= 0.3 is 24.2 Å². The monoisotopic (exact) mass is 508 g/mol. The minimum absolute atomic E-state index is 0.00854. The van der Waals surface area contributed by atoms with Gasteiger partial charge < -0.3 is 30.4 Å². The van der Waals surface area contributed by atoms with Crippen LogP contribution in [-0.4, -0.2) is 53.4 Å². The quantitative estimate of drug-likeness (QED) is 0.112. The van der Waals surface area contributed by atoms with Crippen LogP contribution in [0.3, 0.4) is 0 Å². The minimum Gasteiger partial charge on any atom is -0.458 e. The van der Waals surface area contributed by atoms with E-state index in [1.807, 2.05) is 0 Å². The maximum Gasteiger partial charge on any atom is 0.516 e. The van der Waals surface area contributed by atoms with Gasteiger partial charge in [0.05, 0.1) is 0 Å². The van der Waals surface area contributed by atoms with Crippen LogP contribution < -0.4 is 16.8 Å². The molecular weight excluding hydrogens is 472 g/mol. The first-order chi connectivity index (χ1) is 16.5. The van der Waals surface area contributed by atoms with Crippen LogP contribution in [0, 0.1) is 0 Å². The number of amides is 1. The average Bonchev–Trinajstić information content (AvgIpc) is 2.72. The van der Waals surface area contributed by atoms with Gasteiger partial charge in [0.1, 0.15) is 17.8 Å². The van der Waals surface area contributed by atoms with E-state index >= 15 is 0 Å². The van der Waals surface area contributed by atoms with Crippen LogP contribution >= 0.6 is 0 Å². The van der Waals surface area contributed by atoms with E-state index < -0.39 is 40.9 Å². The van der Waals surface area contributed by atoms with Crippen LogP contribution in [-0.2, 0) is 35.1 Å². The van der Waals surface area contributed by atoms with E-state index in [0.29, 0.717) is 5.56 Å². The Morgan fingerprint density at radius 1 is 0.889 bits per heavy atom. The number of carbonyl (C=O) groups is 4. The Labute approximate surface area is 210 Å². The summed E-state index contributed by atoms with van der Waals surface area (Å²) < 4.78 is 20.4. The maximum absolute atomic E-state index is 13.3. The van der Waals surface area contributed by atoms with Crippen molar-refractivity contribution in [2.24, 2.45) is 16.5 Å². The number of nitrogens with zero attached hydrogens (tertiary/aromatic N) is 1. The van der Waals surface area contributed by atoms with E-state index in [-0.39, 0.29) is 32.0 Å². The Morgan fingerprint density at radius 3 is 2.00 bits per heavy atom. The number of carbonyl (C=O) groups excluding carboxylic acids is 4. The van der Waals surface area contributed by atoms with Crippen molar-refractivity contribution in [3.63, 3.8) is 0 Å². The minimum atomic E-state index is -2.46. The highest BCUT2D eigenvalue weighted by Gasteiger charge is 2.53. The number of benzene rings is 1. The predicted molar refractivity (Wildman–Crippen MR) is 131 cm³/mol. The summed E-state index contributed by atoms with van der Waals surface area (Å²) in [6.07, 6.45) is -2.82. The molecule has 0 unspecified atom stereocenters. The Balaban J connectivity index is 3.25. The Hall–Kier alpha value is -3.83. The molecule has 1 atom stereocenters. The first-order valence-corrected chi connectivity index (χ1v) is 11.3. The molecule has 36 heavy (non-hydrogen) atoms. The van der Waals surface area contributed by atoms with Crippen molar-refractivity contribution >= 4 is 30.1 Å². The smallest absolute Gasteiger partial charge is 0.458 e. The van der Waals surface area contributed by atoms with E-state index in [2.05, 4.69) is 10.3 Å². The number of aliphatic imine (C=N–C) groups is 1. The fourth-order valence-electron chi connectivity index (χ4n) is 2.76. The summed E-state index contributed by atoms with van der Waals surface area (Å²) >= 11 is 0. The summed E-state index contributed by atoms with van der Waals surface area (Å²) in [6, 6.07) is 8.67. The zero-order chi connectivity index (χ0) is 27.6. The molecule has 0 aliphatic carbocycles. The Bertz CT molecular complexity index is 947. The molecule has 5 N–H and O–H groups in total. The number of esters is 2. The van der Waals surface area contributed by atoms with Crippen LogP contribution in [0.5, 0.6) is 0 Å². The zero-order valence-electron chi connectivity index (χ0n) is 21.6. The van der Waals surface area contributed by atoms with Crippen molar-refractivity contribution in [3.05, 3.63) is 35.9 Å². The first kappa shape index (κ1) is 30.2. The molecule has 0 aliphatic heterocycles. The number of rotatable bonds is 9. The number of nitrogens with one attached hydrogen (secondary N) is 1. The largest absolute Gasteiger partial charge is 0.516 e. The summed E-state index contributed by atoms with van der Waals surface area (Å²) in [7, 11) is 0. The van der Waals surface area contributed by atoms with Crippen LogP contribution in [0.1, 0.15) is 59.9 Å². The lowest BCUT2D eigenvalue weighted by molar-refractivity contribution is -0.172. The van der Waals surface area contributed by atoms with E-state index in [0.717, 1.165) is 0 Å². The number of hydrogen-bond acceptors (Lipinski definition) is 9. The highest BCUT2D eigenvalue weighted by molar-refractivity contribution is 6.09. The van der Waals surface area contributed by atoms with Gasteiger partial charge in [-0.25, -0.2) is 19.2 Å². The molecule has 0 radical (unpaired) electrons. The van der Waals surface area contributed by atoms with Gasteiger partial charge in [0.15, 0.2) is 5.96 Å². The number of alkyl carbamates (subject to hydrolysis) is 1. The lowest BCUT2D eigenvalue weighted by atomic mass is 9.92. The van der Waals surface area contributed by atoms with Gasteiger partial charge in [-0.1, -0.05) is 30.3 Å². The van der Waals surface area contributed by atoms with Gasteiger partial charge in [-0.3, -0.25) is 10.3 Å². The van der Waals surface area contributed by atoms with E-state index in [4.69, 9.17) is 30.4 Å². The molecular formula is C24H36N4O8. The zero-order valence-corrected chi connectivity index (χ0v) is 21.6. The maximum atomic E-state index is 13.3.